The van der Waals surface area contributed by atoms with Crippen LogP contribution in [0.5, 0.6) is 0 Å². The molecule has 0 aliphatic carbocycles. The van der Waals surface area contributed by atoms with Crippen LogP contribution in [0.25, 0.3) is 11.1 Å². The molecule has 0 fully saturated rings. The molecule has 10 heteroatoms. The normalized spacial score (nSPS) is 11.3. The van der Waals surface area contributed by atoms with Crippen LogP contribution < -0.4 is 10.0 Å². The van der Waals surface area contributed by atoms with Gasteiger partial charge in [0.1, 0.15) is 16.5 Å². The highest BCUT2D eigenvalue weighted by molar-refractivity contribution is 9.10. The maximum Gasteiger partial charge on any atom is 0.264 e. The minimum Gasteiger partial charge on any atom is -0.326 e. The van der Waals surface area contributed by atoms with Gasteiger partial charge in [0.2, 0.25) is 5.91 Å². The van der Waals surface area contributed by atoms with E-state index in [9.17, 15) is 22.0 Å². The fraction of sp³-hybridized carbons (Fsp3) is 0.0556. The van der Waals surface area contributed by atoms with Crippen LogP contribution in [0.4, 0.5) is 20.2 Å². The molecule has 0 bridgehead atoms. The number of rotatable bonds is 5. The molecule has 0 spiro atoms. The largest absolute Gasteiger partial charge is 0.326 e. The second-order valence-electron chi connectivity index (χ2n) is 5.76. The summed E-state index contributed by atoms with van der Waals surface area (Å²) in [4.78, 5) is 10.3. The van der Waals surface area contributed by atoms with Crippen molar-refractivity contribution in [2.75, 3.05) is 10.0 Å². The second kappa shape index (κ2) is 7.98. The van der Waals surface area contributed by atoms with Gasteiger partial charge in [-0.3, -0.25) is 9.52 Å². The lowest BCUT2D eigenvalue weighted by Gasteiger charge is -2.11. The van der Waals surface area contributed by atoms with Crippen molar-refractivity contribution in [3.05, 3.63) is 63.3 Å². The molecule has 0 aliphatic rings. The summed E-state index contributed by atoms with van der Waals surface area (Å²) in [7, 11) is -4.34. The molecule has 1 heterocycles. The van der Waals surface area contributed by atoms with E-state index in [1.54, 1.807) is 35.0 Å². The van der Waals surface area contributed by atoms with Crippen LogP contribution in [0.2, 0.25) is 0 Å². The minimum absolute atomic E-state index is 0.167. The molecule has 28 heavy (non-hydrogen) atoms. The molecular weight excluding hydrogens is 474 g/mol. The molecule has 3 aromatic rings. The Kier molecular flexibility index (Phi) is 5.82. The molecule has 0 saturated carbocycles. The highest BCUT2D eigenvalue weighted by Gasteiger charge is 2.23. The Bertz CT molecular complexity index is 1150. The number of sulfonamides is 1. The van der Waals surface area contributed by atoms with E-state index in [1.807, 2.05) is 0 Å². The Morgan fingerprint density at radius 3 is 2.39 bits per heavy atom. The smallest absolute Gasteiger partial charge is 0.264 e. The standard InChI is InChI=1S/C18H13BrF2N2O3S2/c1-10(24)22-12-4-2-11(3-5-12)13-8-27-9-17(13)23-28(25,26)18-7-15(20)14(19)6-16(18)21/h2-9,23H,1H3,(H,22,24). The maximum absolute atomic E-state index is 14.1. The molecule has 0 unspecified atom stereocenters. The number of anilines is 2. The van der Waals surface area contributed by atoms with E-state index >= 15 is 0 Å². The summed E-state index contributed by atoms with van der Waals surface area (Å²) in [6.45, 7) is 1.39. The van der Waals surface area contributed by atoms with Crippen molar-refractivity contribution in [3.8, 4) is 11.1 Å². The van der Waals surface area contributed by atoms with Crippen molar-refractivity contribution in [2.24, 2.45) is 0 Å². The molecule has 0 radical (unpaired) electrons. The molecule has 5 nitrogen and oxygen atoms in total. The van der Waals surface area contributed by atoms with Crippen LogP contribution in [0.1, 0.15) is 6.92 Å². The molecule has 146 valence electrons. The fourth-order valence-corrected chi connectivity index (χ4v) is 4.77. The average Bonchev–Trinajstić information content (AvgIpc) is 3.05. The average molecular weight is 487 g/mol. The van der Waals surface area contributed by atoms with Crippen molar-refractivity contribution in [1.82, 2.24) is 0 Å². The molecule has 0 atom stereocenters. The van der Waals surface area contributed by atoms with Crippen LogP contribution >= 0.6 is 27.3 Å². The maximum atomic E-state index is 14.1. The summed E-state index contributed by atoms with van der Waals surface area (Å²) < 4.78 is 55.1. The Morgan fingerprint density at radius 1 is 1.07 bits per heavy atom. The molecule has 2 N–H and O–H groups in total. The topological polar surface area (TPSA) is 75.3 Å². The monoisotopic (exact) mass is 486 g/mol. The predicted octanol–water partition coefficient (Wildman–Crippen LogP) is 5.22. The molecule has 1 amide bonds. The van der Waals surface area contributed by atoms with E-state index in [0.717, 1.165) is 6.07 Å². The summed E-state index contributed by atoms with van der Waals surface area (Å²) in [5.41, 5.74) is 2.09. The van der Waals surface area contributed by atoms with Gasteiger partial charge in [0, 0.05) is 28.9 Å². The Hall–Kier alpha value is -2.30. The highest BCUT2D eigenvalue weighted by atomic mass is 79.9. The van der Waals surface area contributed by atoms with Crippen molar-refractivity contribution in [1.29, 1.82) is 0 Å². The number of hydrogen-bond donors (Lipinski definition) is 2. The first kappa shape index (κ1) is 20.4. The zero-order valence-electron chi connectivity index (χ0n) is 14.3. The third kappa shape index (κ3) is 4.40. The number of carbonyl (C=O) groups excluding carboxylic acids is 1. The first-order chi connectivity index (χ1) is 13.2. The van der Waals surface area contributed by atoms with E-state index < -0.39 is 26.6 Å². The number of thiophene rings is 1. The zero-order chi connectivity index (χ0) is 20.5. The van der Waals surface area contributed by atoms with E-state index in [1.165, 1.54) is 18.3 Å². The van der Waals surface area contributed by atoms with Crippen LogP contribution in [0, 0.1) is 11.6 Å². The summed E-state index contributed by atoms with van der Waals surface area (Å²) >= 11 is 4.07. The van der Waals surface area contributed by atoms with Crippen LogP contribution in [-0.4, -0.2) is 14.3 Å². The number of carbonyl (C=O) groups is 1. The highest BCUT2D eigenvalue weighted by Crippen LogP contribution is 2.34. The first-order valence-corrected chi connectivity index (χ1v) is 11.0. The van der Waals surface area contributed by atoms with Gasteiger partial charge in [0.05, 0.1) is 10.2 Å². The summed E-state index contributed by atoms with van der Waals surface area (Å²) in [5.74, 6) is -2.17. The second-order valence-corrected chi connectivity index (χ2v) is 9.01. The summed E-state index contributed by atoms with van der Waals surface area (Å²) in [5, 5.41) is 5.92. The lowest BCUT2D eigenvalue weighted by molar-refractivity contribution is -0.114. The van der Waals surface area contributed by atoms with Gasteiger partial charge in [0.25, 0.3) is 10.0 Å². The van der Waals surface area contributed by atoms with Crippen LogP contribution in [-0.2, 0) is 14.8 Å². The predicted molar refractivity (Wildman–Crippen MR) is 109 cm³/mol. The summed E-state index contributed by atoms with van der Waals surface area (Å²) in [6, 6.07) is 8.16. The number of halogens is 3. The third-order valence-electron chi connectivity index (χ3n) is 3.69. The van der Waals surface area contributed by atoms with E-state index in [-0.39, 0.29) is 16.1 Å². The molecule has 0 saturated heterocycles. The van der Waals surface area contributed by atoms with E-state index in [2.05, 4.69) is 26.0 Å². The fourth-order valence-electron chi connectivity index (χ4n) is 2.45. The minimum atomic E-state index is -4.34. The first-order valence-electron chi connectivity index (χ1n) is 7.79. The third-order valence-corrected chi connectivity index (χ3v) is 6.42. The van der Waals surface area contributed by atoms with Gasteiger partial charge in [-0.05, 0) is 45.8 Å². The van der Waals surface area contributed by atoms with Crippen molar-refractivity contribution in [3.63, 3.8) is 0 Å². The quantitative estimate of drug-likeness (QED) is 0.485. The van der Waals surface area contributed by atoms with Crippen molar-refractivity contribution in [2.45, 2.75) is 11.8 Å². The van der Waals surface area contributed by atoms with E-state index in [4.69, 9.17) is 0 Å². The Morgan fingerprint density at radius 2 is 1.75 bits per heavy atom. The van der Waals surface area contributed by atoms with Gasteiger partial charge in [-0.2, -0.15) is 0 Å². The lowest BCUT2D eigenvalue weighted by atomic mass is 10.1. The lowest BCUT2D eigenvalue weighted by Crippen LogP contribution is -2.15. The Labute approximate surface area is 172 Å². The SMILES string of the molecule is CC(=O)Nc1ccc(-c2cscc2NS(=O)(=O)c2cc(F)c(Br)cc2F)cc1. The Balaban J connectivity index is 1.92. The molecule has 2 aromatic carbocycles. The van der Waals surface area contributed by atoms with Crippen LogP contribution in [0.15, 0.2) is 56.5 Å². The van der Waals surface area contributed by atoms with Gasteiger partial charge >= 0.3 is 0 Å². The van der Waals surface area contributed by atoms with Gasteiger partial charge in [-0.15, -0.1) is 11.3 Å². The van der Waals surface area contributed by atoms with Crippen LogP contribution in [0.3, 0.4) is 0 Å². The van der Waals surface area contributed by atoms with Gasteiger partial charge in [-0.1, -0.05) is 12.1 Å². The summed E-state index contributed by atoms with van der Waals surface area (Å²) in [6.07, 6.45) is 0. The van der Waals surface area contributed by atoms with Crippen molar-refractivity contribution < 1.29 is 22.0 Å². The van der Waals surface area contributed by atoms with Crippen molar-refractivity contribution >= 4 is 54.6 Å². The zero-order valence-corrected chi connectivity index (χ0v) is 17.5. The van der Waals surface area contributed by atoms with Gasteiger partial charge < -0.3 is 5.32 Å². The molecule has 3 rings (SSSR count). The number of amides is 1. The molecular formula is C18H13BrF2N2O3S2. The number of hydrogen-bond acceptors (Lipinski definition) is 4. The number of benzene rings is 2. The van der Waals surface area contributed by atoms with Gasteiger partial charge in [-0.25, -0.2) is 17.2 Å². The van der Waals surface area contributed by atoms with Gasteiger partial charge in [0.15, 0.2) is 0 Å². The molecule has 1 aromatic heterocycles. The van der Waals surface area contributed by atoms with E-state index in [0.29, 0.717) is 22.9 Å². The number of nitrogens with one attached hydrogen (secondary N) is 2. The molecule has 0 aliphatic heterocycles.